The van der Waals surface area contributed by atoms with E-state index in [0.29, 0.717) is 25.6 Å². The molecule has 1 atom stereocenters. The quantitative estimate of drug-likeness (QED) is 0.857. The van der Waals surface area contributed by atoms with Gasteiger partial charge < -0.3 is 14.2 Å². The number of rotatable bonds is 4. The van der Waals surface area contributed by atoms with E-state index in [1.807, 2.05) is 24.1 Å². The Bertz CT molecular complexity index is 547. The van der Waals surface area contributed by atoms with Crippen molar-refractivity contribution in [2.24, 2.45) is 11.8 Å². The maximum Gasteiger partial charge on any atom is 0.227 e. The zero-order chi connectivity index (χ0) is 16.4. The summed E-state index contributed by atoms with van der Waals surface area (Å²) in [5.41, 5.74) is 0. The molecule has 126 valence electrons. The standard InChI is InChI=1S/C18H26N2O3/c1-13-5-7-15(8-6-13)19(2)18(22)14-10-17(21)20(11-14)12-16-4-3-9-23-16/h3-4,9,13-15H,5-8,10-12H2,1-2H3. The van der Waals surface area contributed by atoms with Crippen molar-refractivity contribution >= 4 is 11.8 Å². The fraction of sp³-hybridized carbons (Fsp3) is 0.667. The summed E-state index contributed by atoms with van der Waals surface area (Å²) in [7, 11) is 1.91. The van der Waals surface area contributed by atoms with E-state index in [4.69, 9.17) is 4.42 Å². The predicted molar refractivity (Wildman–Crippen MR) is 86.4 cm³/mol. The molecule has 5 heteroatoms. The van der Waals surface area contributed by atoms with Gasteiger partial charge in [0.05, 0.1) is 18.7 Å². The van der Waals surface area contributed by atoms with Crippen LogP contribution in [-0.4, -0.2) is 41.2 Å². The maximum absolute atomic E-state index is 12.7. The van der Waals surface area contributed by atoms with Crippen LogP contribution in [0.5, 0.6) is 0 Å². The summed E-state index contributed by atoms with van der Waals surface area (Å²) in [6.07, 6.45) is 6.48. The van der Waals surface area contributed by atoms with E-state index < -0.39 is 0 Å². The zero-order valence-corrected chi connectivity index (χ0v) is 14.0. The minimum absolute atomic E-state index is 0.0467. The van der Waals surface area contributed by atoms with Gasteiger partial charge in [-0.05, 0) is 43.7 Å². The summed E-state index contributed by atoms with van der Waals surface area (Å²) < 4.78 is 5.30. The largest absolute Gasteiger partial charge is 0.467 e. The Morgan fingerprint density at radius 3 is 2.74 bits per heavy atom. The Morgan fingerprint density at radius 2 is 2.09 bits per heavy atom. The summed E-state index contributed by atoms with van der Waals surface area (Å²) in [5, 5.41) is 0. The molecule has 3 rings (SSSR count). The van der Waals surface area contributed by atoms with E-state index in [1.165, 1.54) is 12.8 Å². The molecule has 1 unspecified atom stereocenters. The van der Waals surface area contributed by atoms with Crippen molar-refractivity contribution in [1.29, 1.82) is 0 Å². The molecule has 0 N–H and O–H groups in total. The molecule has 2 amide bonds. The van der Waals surface area contributed by atoms with Crippen LogP contribution in [0.3, 0.4) is 0 Å². The molecular formula is C18H26N2O3. The van der Waals surface area contributed by atoms with E-state index in [-0.39, 0.29) is 17.7 Å². The van der Waals surface area contributed by atoms with Gasteiger partial charge in [0.25, 0.3) is 0 Å². The van der Waals surface area contributed by atoms with E-state index in [2.05, 4.69) is 6.92 Å². The smallest absolute Gasteiger partial charge is 0.227 e. The third-order valence-electron chi connectivity index (χ3n) is 5.37. The first kappa shape index (κ1) is 16.1. The Balaban J connectivity index is 1.56. The topological polar surface area (TPSA) is 53.8 Å². The number of likely N-dealkylation sites (tertiary alicyclic amines) is 1. The number of carbonyl (C=O) groups is 2. The Morgan fingerprint density at radius 1 is 1.35 bits per heavy atom. The van der Waals surface area contributed by atoms with Crippen LogP contribution in [0.4, 0.5) is 0 Å². The Kier molecular flexibility index (Phi) is 4.74. The summed E-state index contributed by atoms with van der Waals surface area (Å²) in [6, 6.07) is 4.02. The number of nitrogens with zero attached hydrogens (tertiary/aromatic N) is 2. The lowest BCUT2D eigenvalue weighted by atomic mass is 9.86. The fourth-order valence-electron chi connectivity index (χ4n) is 3.78. The third kappa shape index (κ3) is 3.59. The van der Waals surface area contributed by atoms with Crippen LogP contribution >= 0.6 is 0 Å². The van der Waals surface area contributed by atoms with Crippen LogP contribution in [0.1, 0.15) is 44.8 Å². The van der Waals surface area contributed by atoms with Gasteiger partial charge in [0.15, 0.2) is 0 Å². The van der Waals surface area contributed by atoms with Crippen molar-refractivity contribution in [3.8, 4) is 0 Å². The normalized spacial score (nSPS) is 28.2. The second-order valence-electron chi connectivity index (χ2n) is 7.12. The molecule has 0 bridgehead atoms. The van der Waals surface area contributed by atoms with Crippen molar-refractivity contribution in [2.45, 2.75) is 51.6 Å². The van der Waals surface area contributed by atoms with Gasteiger partial charge in [-0.1, -0.05) is 6.92 Å². The van der Waals surface area contributed by atoms with Crippen molar-refractivity contribution in [3.63, 3.8) is 0 Å². The third-order valence-corrected chi connectivity index (χ3v) is 5.37. The fourth-order valence-corrected chi connectivity index (χ4v) is 3.78. The molecule has 1 aromatic rings. The second-order valence-corrected chi connectivity index (χ2v) is 7.12. The molecule has 1 saturated carbocycles. The summed E-state index contributed by atoms with van der Waals surface area (Å²) in [6.45, 7) is 3.24. The minimum Gasteiger partial charge on any atom is -0.467 e. The van der Waals surface area contributed by atoms with Gasteiger partial charge in [0, 0.05) is 26.1 Å². The average molecular weight is 318 g/mol. The summed E-state index contributed by atoms with van der Waals surface area (Å²) in [4.78, 5) is 28.6. The summed E-state index contributed by atoms with van der Waals surface area (Å²) >= 11 is 0. The molecule has 1 aliphatic heterocycles. The molecule has 1 saturated heterocycles. The highest BCUT2D eigenvalue weighted by molar-refractivity contribution is 5.89. The van der Waals surface area contributed by atoms with E-state index in [9.17, 15) is 9.59 Å². The Labute approximate surface area is 137 Å². The van der Waals surface area contributed by atoms with Crippen LogP contribution in [0.2, 0.25) is 0 Å². The van der Waals surface area contributed by atoms with E-state index in [1.54, 1.807) is 11.2 Å². The molecule has 0 spiro atoms. The van der Waals surface area contributed by atoms with Crippen molar-refractivity contribution < 1.29 is 14.0 Å². The molecule has 0 radical (unpaired) electrons. The van der Waals surface area contributed by atoms with Crippen molar-refractivity contribution in [1.82, 2.24) is 9.80 Å². The first-order chi connectivity index (χ1) is 11.0. The van der Waals surface area contributed by atoms with E-state index >= 15 is 0 Å². The number of furan rings is 1. The molecule has 2 aliphatic rings. The number of carbonyl (C=O) groups excluding carboxylic acids is 2. The molecule has 2 fully saturated rings. The van der Waals surface area contributed by atoms with Gasteiger partial charge in [-0.15, -0.1) is 0 Å². The van der Waals surface area contributed by atoms with Gasteiger partial charge in [-0.3, -0.25) is 9.59 Å². The highest BCUT2D eigenvalue weighted by Crippen LogP contribution is 2.29. The number of hydrogen-bond acceptors (Lipinski definition) is 3. The second kappa shape index (κ2) is 6.77. The van der Waals surface area contributed by atoms with Gasteiger partial charge in [0.2, 0.25) is 11.8 Å². The average Bonchev–Trinajstić information content (AvgIpc) is 3.17. The van der Waals surface area contributed by atoms with Crippen LogP contribution < -0.4 is 0 Å². The van der Waals surface area contributed by atoms with Crippen molar-refractivity contribution in [3.05, 3.63) is 24.2 Å². The predicted octanol–water partition coefficient (Wildman–Crippen LogP) is 2.67. The molecule has 2 heterocycles. The highest BCUT2D eigenvalue weighted by atomic mass is 16.3. The zero-order valence-electron chi connectivity index (χ0n) is 14.0. The molecule has 0 aromatic carbocycles. The number of amides is 2. The Hall–Kier alpha value is -1.78. The van der Waals surface area contributed by atoms with E-state index in [0.717, 1.165) is 24.5 Å². The van der Waals surface area contributed by atoms with Gasteiger partial charge >= 0.3 is 0 Å². The molecule has 1 aliphatic carbocycles. The van der Waals surface area contributed by atoms with Crippen LogP contribution in [0.25, 0.3) is 0 Å². The van der Waals surface area contributed by atoms with Gasteiger partial charge in [0.1, 0.15) is 5.76 Å². The molecule has 5 nitrogen and oxygen atoms in total. The molecule has 1 aromatic heterocycles. The lowest BCUT2D eigenvalue weighted by molar-refractivity contribution is -0.137. The lowest BCUT2D eigenvalue weighted by Crippen LogP contribution is -2.43. The first-order valence-electron chi connectivity index (χ1n) is 8.61. The van der Waals surface area contributed by atoms with Crippen LogP contribution in [0.15, 0.2) is 22.8 Å². The summed E-state index contributed by atoms with van der Waals surface area (Å²) in [5.74, 6) is 1.50. The van der Waals surface area contributed by atoms with Gasteiger partial charge in [-0.25, -0.2) is 0 Å². The van der Waals surface area contributed by atoms with Crippen LogP contribution in [0, 0.1) is 11.8 Å². The molecular weight excluding hydrogens is 292 g/mol. The number of hydrogen-bond donors (Lipinski definition) is 0. The van der Waals surface area contributed by atoms with Gasteiger partial charge in [-0.2, -0.15) is 0 Å². The van der Waals surface area contributed by atoms with Crippen molar-refractivity contribution in [2.75, 3.05) is 13.6 Å². The van der Waals surface area contributed by atoms with Crippen LogP contribution in [-0.2, 0) is 16.1 Å². The highest BCUT2D eigenvalue weighted by Gasteiger charge is 2.37. The lowest BCUT2D eigenvalue weighted by Gasteiger charge is -2.34. The SMILES string of the molecule is CC1CCC(N(C)C(=O)C2CC(=O)N(Cc3ccco3)C2)CC1. The first-order valence-corrected chi connectivity index (χ1v) is 8.61. The maximum atomic E-state index is 12.7. The minimum atomic E-state index is -0.207. The monoisotopic (exact) mass is 318 g/mol. The molecule has 23 heavy (non-hydrogen) atoms.